The fraction of sp³-hybridized carbons (Fsp3) is 0.364. The van der Waals surface area contributed by atoms with Crippen LogP contribution < -0.4 is 19.5 Å². The van der Waals surface area contributed by atoms with Gasteiger partial charge in [0.05, 0.1) is 27.4 Å². The molecule has 0 spiro atoms. The molecule has 0 aromatic heterocycles. The minimum Gasteiger partial charge on any atom is -0.497 e. The molecule has 0 aliphatic carbocycles. The predicted octanol–water partition coefficient (Wildman–Crippen LogP) is 2.84. The van der Waals surface area contributed by atoms with Crippen molar-refractivity contribution in [3.63, 3.8) is 0 Å². The van der Waals surface area contributed by atoms with Crippen LogP contribution in [-0.4, -0.2) is 55.9 Å². The van der Waals surface area contributed by atoms with Gasteiger partial charge in [0.2, 0.25) is 0 Å². The van der Waals surface area contributed by atoms with Crippen LogP contribution in [0.25, 0.3) is 0 Å². The number of hydrogen-bond acceptors (Lipinski definition) is 5. The van der Waals surface area contributed by atoms with Gasteiger partial charge in [0.15, 0.2) is 11.5 Å². The Labute approximate surface area is 175 Å². The van der Waals surface area contributed by atoms with Gasteiger partial charge in [0.1, 0.15) is 11.8 Å². The summed E-state index contributed by atoms with van der Waals surface area (Å²) in [5.74, 6) is 0.809. The van der Waals surface area contributed by atoms with Crippen molar-refractivity contribution in [3.8, 4) is 17.2 Å². The number of nitrogens with zero attached hydrogens (tertiary/aromatic N) is 1. The lowest BCUT2D eigenvalue weighted by Gasteiger charge is -2.38. The molecule has 2 N–H and O–H groups in total. The van der Waals surface area contributed by atoms with E-state index in [1.54, 1.807) is 26.2 Å². The van der Waals surface area contributed by atoms with Crippen LogP contribution in [-0.2, 0) is 11.2 Å². The number of rotatable bonds is 6. The Hall–Kier alpha value is -3.42. The lowest BCUT2D eigenvalue weighted by Crippen LogP contribution is -2.50. The molecule has 0 radical (unpaired) electrons. The van der Waals surface area contributed by atoms with Gasteiger partial charge in [-0.2, -0.15) is 0 Å². The molecule has 0 unspecified atom stereocenters. The number of nitrogens with one attached hydrogen (secondary N) is 1. The van der Waals surface area contributed by atoms with Crippen molar-refractivity contribution in [2.45, 2.75) is 25.4 Å². The summed E-state index contributed by atoms with van der Waals surface area (Å²) in [6.07, 6.45) is 0.608. The molecule has 0 bridgehead atoms. The number of carbonyl (C=O) groups excluding carboxylic acids is 1. The van der Waals surface area contributed by atoms with Gasteiger partial charge >= 0.3 is 12.0 Å². The van der Waals surface area contributed by atoms with E-state index in [9.17, 15) is 14.7 Å². The highest BCUT2D eigenvalue weighted by Crippen LogP contribution is 2.41. The Morgan fingerprint density at radius 2 is 1.70 bits per heavy atom. The molecule has 0 saturated heterocycles. The van der Waals surface area contributed by atoms with Crippen molar-refractivity contribution in [1.29, 1.82) is 0 Å². The predicted molar refractivity (Wildman–Crippen MR) is 110 cm³/mol. The highest BCUT2D eigenvalue weighted by Gasteiger charge is 2.34. The molecular formula is C22H26N2O6. The average Bonchev–Trinajstić information content (AvgIpc) is 2.77. The first kappa shape index (κ1) is 21.3. The van der Waals surface area contributed by atoms with Crippen LogP contribution in [0.2, 0.25) is 0 Å². The Kier molecular flexibility index (Phi) is 6.34. The number of ether oxygens (including phenoxy) is 3. The van der Waals surface area contributed by atoms with Crippen molar-refractivity contribution >= 4 is 12.0 Å². The molecule has 0 fully saturated rings. The molecular weight excluding hydrogens is 388 g/mol. The SMILES string of the molecule is COc1ccc([C@H]2c3cc(OC)c(OC)cc3CCN2C(=O)N[C@H](C)C(=O)O)cc1. The second-order valence-electron chi connectivity index (χ2n) is 7.03. The van der Waals surface area contributed by atoms with Crippen LogP contribution in [0.5, 0.6) is 17.2 Å². The van der Waals surface area contributed by atoms with Crippen LogP contribution in [0.3, 0.4) is 0 Å². The molecule has 2 aromatic rings. The molecule has 1 aliphatic heterocycles. The van der Waals surface area contributed by atoms with Gasteiger partial charge in [-0.3, -0.25) is 4.79 Å². The van der Waals surface area contributed by atoms with Crippen molar-refractivity contribution in [2.75, 3.05) is 27.9 Å². The largest absolute Gasteiger partial charge is 0.497 e. The minimum absolute atomic E-state index is 0.416. The zero-order valence-electron chi connectivity index (χ0n) is 17.5. The minimum atomic E-state index is -1.09. The van der Waals surface area contributed by atoms with Gasteiger partial charge < -0.3 is 29.5 Å². The van der Waals surface area contributed by atoms with Gasteiger partial charge in [-0.15, -0.1) is 0 Å². The Morgan fingerprint density at radius 1 is 1.07 bits per heavy atom. The number of carbonyl (C=O) groups is 2. The molecule has 3 rings (SSSR count). The third-order valence-corrected chi connectivity index (χ3v) is 5.28. The first-order chi connectivity index (χ1) is 14.4. The van der Waals surface area contributed by atoms with Crippen LogP contribution in [0.1, 0.15) is 29.7 Å². The maximum absolute atomic E-state index is 13.0. The first-order valence-corrected chi connectivity index (χ1v) is 9.58. The highest BCUT2D eigenvalue weighted by atomic mass is 16.5. The van der Waals surface area contributed by atoms with E-state index in [4.69, 9.17) is 14.2 Å². The van der Waals surface area contributed by atoms with Crippen molar-refractivity contribution < 1.29 is 28.9 Å². The van der Waals surface area contributed by atoms with Crippen LogP contribution >= 0.6 is 0 Å². The van der Waals surface area contributed by atoms with E-state index in [0.717, 1.165) is 16.7 Å². The highest BCUT2D eigenvalue weighted by molar-refractivity contribution is 5.83. The van der Waals surface area contributed by atoms with E-state index in [-0.39, 0.29) is 0 Å². The first-order valence-electron chi connectivity index (χ1n) is 9.58. The zero-order chi connectivity index (χ0) is 21.8. The van der Waals surface area contributed by atoms with Gasteiger partial charge in [-0.25, -0.2) is 4.79 Å². The smallest absolute Gasteiger partial charge is 0.325 e. The number of hydrogen-bond donors (Lipinski definition) is 2. The molecule has 8 heteroatoms. The molecule has 1 aliphatic rings. The number of fused-ring (bicyclic) bond motifs is 1. The fourth-order valence-electron chi connectivity index (χ4n) is 3.64. The van der Waals surface area contributed by atoms with E-state index in [2.05, 4.69) is 5.32 Å². The lowest BCUT2D eigenvalue weighted by atomic mass is 9.87. The normalized spacial score (nSPS) is 16.3. The van der Waals surface area contributed by atoms with Crippen molar-refractivity contribution in [2.24, 2.45) is 0 Å². The topological polar surface area (TPSA) is 97.3 Å². The number of carboxylic acid groups (broad SMARTS) is 1. The third kappa shape index (κ3) is 4.12. The molecule has 1 heterocycles. The lowest BCUT2D eigenvalue weighted by molar-refractivity contribution is -0.138. The quantitative estimate of drug-likeness (QED) is 0.754. The maximum atomic E-state index is 13.0. The summed E-state index contributed by atoms with van der Waals surface area (Å²) in [6, 6.07) is 9.42. The number of carboxylic acids is 1. The van der Waals surface area contributed by atoms with E-state index >= 15 is 0 Å². The Bertz CT molecular complexity index is 928. The fourth-order valence-corrected chi connectivity index (χ4v) is 3.64. The summed E-state index contributed by atoms with van der Waals surface area (Å²) < 4.78 is 16.2. The summed E-state index contributed by atoms with van der Waals surface area (Å²) in [6.45, 7) is 1.87. The van der Waals surface area contributed by atoms with Crippen LogP contribution in [0.15, 0.2) is 36.4 Å². The maximum Gasteiger partial charge on any atom is 0.325 e. The molecule has 2 aromatic carbocycles. The van der Waals surface area contributed by atoms with E-state index in [1.807, 2.05) is 36.4 Å². The molecule has 30 heavy (non-hydrogen) atoms. The zero-order valence-corrected chi connectivity index (χ0v) is 17.5. The van der Waals surface area contributed by atoms with E-state index in [1.165, 1.54) is 6.92 Å². The molecule has 160 valence electrons. The van der Waals surface area contributed by atoms with Gasteiger partial charge in [-0.05, 0) is 54.3 Å². The Morgan fingerprint density at radius 3 is 2.27 bits per heavy atom. The number of benzene rings is 2. The third-order valence-electron chi connectivity index (χ3n) is 5.28. The average molecular weight is 414 g/mol. The van der Waals surface area contributed by atoms with Gasteiger partial charge in [0.25, 0.3) is 0 Å². The number of urea groups is 1. The molecule has 0 saturated carbocycles. The van der Waals surface area contributed by atoms with Gasteiger partial charge in [0, 0.05) is 6.54 Å². The summed E-state index contributed by atoms with van der Waals surface area (Å²) in [4.78, 5) is 25.8. The van der Waals surface area contributed by atoms with E-state index < -0.39 is 24.1 Å². The molecule has 8 nitrogen and oxygen atoms in total. The van der Waals surface area contributed by atoms with Crippen molar-refractivity contribution in [1.82, 2.24) is 10.2 Å². The molecule has 2 amide bonds. The summed E-state index contributed by atoms with van der Waals surface area (Å²) in [7, 11) is 4.74. The standard InChI is InChI=1S/C22H26N2O6/c1-13(21(25)26)23-22(27)24-10-9-15-11-18(29-3)19(30-4)12-17(15)20(24)14-5-7-16(28-2)8-6-14/h5-8,11-13,20H,9-10H2,1-4H3,(H,23,27)(H,25,26)/t13-,20+/m1/s1. The van der Waals surface area contributed by atoms with Crippen molar-refractivity contribution in [3.05, 3.63) is 53.1 Å². The van der Waals surface area contributed by atoms with Crippen LogP contribution in [0.4, 0.5) is 4.79 Å². The van der Waals surface area contributed by atoms with Gasteiger partial charge in [-0.1, -0.05) is 12.1 Å². The van der Waals surface area contributed by atoms with Crippen LogP contribution in [0, 0.1) is 0 Å². The molecule has 2 atom stereocenters. The number of aliphatic carboxylic acids is 1. The van der Waals surface area contributed by atoms with E-state index in [0.29, 0.717) is 30.2 Å². The second-order valence-corrected chi connectivity index (χ2v) is 7.03. The number of methoxy groups -OCH3 is 3. The summed E-state index contributed by atoms with van der Waals surface area (Å²) >= 11 is 0. The summed E-state index contributed by atoms with van der Waals surface area (Å²) in [5, 5.41) is 11.7. The Balaban J connectivity index is 2.07. The number of amides is 2. The summed E-state index contributed by atoms with van der Waals surface area (Å²) in [5.41, 5.74) is 2.83. The monoisotopic (exact) mass is 414 g/mol. The second kappa shape index (κ2) is 8.94.